The summed E-state index contributed by atoms with van der Waals surface area (Å²) in [5, 5.41) is 4.56. The summed E-state index contributed by atoms with van der Waals surface area (Å²) in [6.45, 7) is 5.93. The van der Waals surface area contributed by atoms with Crippen molar-refractivity contribution < 1.29 is 13.2 Å². The number of ether oxygens (including phenoxy) is 1. The molecule has 146 valence electrons. The van der Waals surface area contributed by atoms with Gasteiger partial charge in [0.05, 0.1) is 24.2 Å². The molecule has 1 unspecified atom stereocenters. The van der Waals surface area contributed by atoms with E-state index in [2.05, 4.69) is 39.8 Å². The zero-order valence-corrected chi connectivity index (χ0v) is 16.6. The highest BCUT2D eigenvalue weighted by molar-refractivity contribution is 7.88. The number of nitrogens with one attached hydrogen (secondary N) is 1. The maximum Gasteiger partial charge on any atom is 0.209 e. The molecular weight excluding hydrogens is 364 g/mol. The van der Waals surface area contributed by atoms with Crippen LogP contribution in [0.15, 0.2) is 24.3 Å². The third-order valence-electron chi connectivity index (χ3n) is 5.03. The largest absolute Gasteiger partial charge is 0.490 e. The standard InChI is InChI=1S/C19H26N4O3S/c1-14-8-16-9-15(4-5-19(16)26-14)12-22-6-3-7-23-18(13-22)10-17(21-23)11-20-27(2,24)25/h4-5,9-10,14,20H,3,6-8,11-13H2,1-2H3. The quantitative estimate of drug-likeness (QED) is 0.840. The third-order valence-corrected chi connectivity index (χ3v) is 5.69. The van der Waals surface area contributed by atoms with Crippen LogP contribution in [0.3, 0.4) is 0 Å². The van der Waals surface area contributed by atoms with Crippen LogP contribution in [-0.2, 0) is 42.6 Å². The second kappa shape index (κ2) is 7.26. The fraction of sp³-hybridized carbons (Fsp3) is 0.526. The van der Waals surface area contributed by atoms with E-state index in [1.54, 1.807) is 0 Å². The Morgan fingerprint density at radius 1 is 1.30 bits per heavy atom. The predicted molar refractivity (Wildman–Crippen MR) is 103 cm³/mol. The van der Waals surface area contributed by atoms with Crippen LogP contribution in [0.1, 0.15) is 35.9 Å². The molecule has 2 aliphatic heterocycles. The molecule has 2 aromatic rings. The SMILES string of the molecule is CC1Cc2cc(CN3CCCn4nc(CNS(C)(=O)=O)cc4C3)ccc2O1. The Balaban J connectivity index is 1.44. The summed E-state index contributed by atoms with van der Waals surface area (Å²) < 4.78 is 32.9. The van der Waals surface area contributed by atoms with Crippen molar-refractivity contribution in [2.24, 2.45) is 0 Å². The summed E-state index contributed by atoms with van der Waals surface area (Å²) in [4.78, 5) is 2.43. The molecule has 0 spiro atoms. The second-order valence-electron chi connectivity index (χ2n) is 7.58. The van der Waals surface area contributed by atoms with E-state index in [0.29, 0.717) is 0 Å². The van der Waals surface area contributed by atoms with Gasteiger partial charge in [0.2, 0.25) is 10.0 Å². The lowest BCUT2D eigenvalue weighted by Gasteiger charge is -2.19. The molecule has 2 aliphatic rings. The van der Waals surface area contributed by atoms with Gasteiger partial charge in [-0.25, -0.2) is 13.1 Å². The van der Waals surface area contributed by atoms with E-state index in [1.807, 2.05) is 10.7 Å². The Morgan fingerprint density at radius 3 is 2.96 bits per heavy atom. The zero-order chi connectivity index (χ0) is 19.0. The summed E-state index contributed by atoms with van der Waals surface area (Å²) in [5.74, 6) is 1.02. The maximum atomic E-state index is 11.3. The molecule has 0 saturated carbocycles. The van der Waals surface area contributed by atoms with Crippen LogP contribution in [0.2, 0.25) is 0 Å². The number of sulfonamides is 1. The van der Waals surface area contributed by atoms with Crippen molar-refractivity contribution in [3.63, 3.8) is 0 Å². The summed E-state index contributed by atoms with van der Waals surface area (Å²) in [5.41, 5.74) is 4.50. The van der Waals surface area contributed by atoms with E-state index < -0.39 is 10.0 Å². The molecular formula is C19H26N4O3S. The van der Waals surface area contributed by atoms with Gasteiger partial charge in [-0.2, -0.15) is 5.10 Å². The van der Waals surface area contributed by atoms with Gasteiger partial charge in [0, 0.05) is 32.6 Å². The van der Waals surface area contributed by atoms with Crippen LogP contribution in [0, 0.1) is 0 Å². The Morgan fingerprint density at radius 2 is 2.15 bits per heavy atom. The molecule has 0 bridgehead atoms. The van der Waals surface area contributed by atoms with Gasteiger partial charge in [0.15, 0.2) is 0 Å². The Bertz CT molecular complexity index is 938. The molecule has 1 aromatic heterocycles. The number of aromatic nitrogens is 2. The molecule has 1 aromatic carbocycles. The topological polar surface area (TPSA) is 76.5 Å². The minimum Gasteiger partial charge on any atom is -0.490 e. The predicted octanol–water partition coefficient (Wildman–Crippen LogP) is 1.66. The van der Waals surface area contributed by atoms with Gasteiger partial charge >= 0.3 is 0 Å². The van der Waals surface area contributed by atoms with Gasteiger partial charge < -0.3 is 4.74 Å². The molecule has 0 amide bonds. The lowest BCUT2D eigenvalue weighted by Crippen LogP contribution is -2.23. The molecule has 0 aliphatic carbocycles. The lowest BCUT2D eigenvalue weighted by molar-refractivity contribution is 0.254. The van der Waals surface area contributed by atoms with E-state index in [9.17, 15) is 8.42 Å². The van der Waals surface area contributed by atoms with Gasteiger partial charge in [-0.1, -0.05) is 12.1 Å². The summed E-state index contributed by atoms with van der Waals surface area (Å²) in [6, 6.07) is 8.52. The molecule has 8 heteroatoms. The first kappa shape index (κ1) is 18.5. The van der Waals surface area contributed by atoms with Gasteiger partial charge in [-0.05, 0) is 36.6 Å². The van der Waals surface area contributed by atoms with Gasteiger partial charge in [-0.3, -0.25) is 9.58 Å². The van der Waals surface area contributed by atoms with E-state index in [0.717, 1.165) is 62.4 Å². The zero-order valence-electron chi connectivity index (χ0n) is 15.8. The first-order valence-electron chi connectivity index (χ1n) is 9.37. The highest BCUT2D eigenvalue weighted by Gasteiger charge is 2.21. The van der Waals surface area contributed by atoms with E-state index in [1.165, 1.54) is 11.1 Å². The van der Waals surface area contributed by atoms with Crippen LogP contribution < -0.4 is 9.46 Å². The number of hydrogen-bond acceptors (Lipinski definition) is 5. The van der Waals surface area contributed by atoms with Crippen molar-refractivity contribution in [1.82, 2.24) is 19.4 Å². The first-order chi connectivity index (χ1) is 12.9. The monoisotopic (exact) mass is 390 g/mol. The fourth-order valence-electron chi connectivity index (χ4n) is 3.85. The molecule has 27 heavy (non-hydrogen) atoms. The van der Waals surface area contributed by atoms with E-state index in [-0.39, 0.29) is 12.6 Å². The minimum absolute atomic E-state index is 0.238. The summed E-state index contributed by atoms with van der Waals surface area (Å²) in [6.07, 6.45) is 3.44. The molecule has 3 heterocycles. The number of fused-ring (bicyclic) bond motifs is 2. The summed E-state index contributed by atoms with van der Waals surface area (Å²) >= 11 is 0. The van der Waals surface area contributed by atoms with Crippen LogP contribution >= 0.6 is 0 Å². The minimum atomic E-state index is -3.21. The van der Waals surface area contributed by atoms with Crippen molar-refractivity contribution in [3.05, 3.63) is 46.8 Å². The van der Waals surface area contributed by atoms with Crippen molar-refractivity contribution >= 4 is 10.0 Å². The Hall–Kier alpha value is -1.90. The van der Waals surface area contributed by atoms with Gasteiger partial charge in [0.1, 0.15) is 11.9 Å². The molecule has 0 radical (unpaired) electrons. The van der Waals surface area contributed by atoms with Gasteiger partial charge in [0.25, 0.3) is 0 Å². The Labute approximate surface area is 160 Å². The van der Waals surface area contributed by atoms with Crippen molar-refractivity contribution in [2.75, 3.05) is 12.8 Å². The number of hydrogen-bond donors (Lipinski definition) is 1. The van der Waals surface area contributed by atoms with Crippen molar-refractivity contribution in [3.8, 4) is 5.75 Å². The number of aryl methyl sites for hydroxylation is 1. The number of nitrogens with zero attached hydrogens (tertiary/aromatic N) is 3. The van der Waals surface area contributed by atoms with Crippen LogP contribution in [0.4, 0.5) is 0 Å². The van der Waals surface area contributed by atoms with Crippen LogP contribution in [0.5, 0.6) is 5.75 Å². The van der Waals surface area contributed by atoms with Gasteiger partial charge in [-0.15, -0.1) is 0 Å². The third kappa shape index (κ3) is 4.51. The number of rotatable bonds is 5. The molecule has 1 atom stereocenters. The van der Waals surface area contributed by atoms with Crippen LogP contribution in [-0.4, -0.2) is 42.0 Å². The highest BCUT2D eigenvalue weighted by Crippen LogP contribution is 2.30. The number of benzene rings is 1. The smallest absolute Gasteiger partial charge is 0.209 e. The molecule has 0 saturated heterocycles. The Kier molecular flexibility index (Phi) is 4.96. The normalized spacial score (nSPS) is 20.0. The highest BCUT2D eigenvalue weighted by atomic mass is 32.2. The molecule has 7 nitrogen and oxygen atoms in total. The lowest BCUT2D eigenvalue weighted by atomic mass is 10.1. The van der Waals surface area contributed by atoms with Crippen molar-refractivity contribution in [1.29, 1.82) is 0 Å². The summed E-state index contributed by atoms with van der Waals surface area (Å²) in [7, 11) is -3.21. The maximum absolute atomic E-state index is 11.3. The molecule has 1 N–H and O–H groups in total. The fourth-order valence-corrected chi connectivity index (χ4v) is 4.26. The molecule has 4 rings (SSSR count). The van der Waals surface area contributed by atoms with Crippen LogP contribution in [0.25, 0.3) is 0 Å². The van der Waals surface area contributed by atoms with E-state index in [4.69, 9.17) is 4.74 Å². The van der Waals surface area contributed by atoms with E-state index >= 15 is 0 Å². The average molecular weight is 391 g/mol. The second-order valence-corrected chi connectivity index (χ2v) is 9.42. The molecule has 0 fully saturated rings. The average Bonchev–Trinajstić information content (AvgIpc) is 3.09. The van der Waals surface area contributed by atoms with Crippen molar-refractivity contribution in [2.45, 2.75) is 52.0 Å². The first-order valence-corrected chi connectivity index (χ1v) is 11.3.